The number of aromatic nitrogens is 2. The fraction of sp³-hybridized carbons (Fsp3) is 0.333. The van der Waals surface area contributed by atoms with Crippen molar-refractivity contribution in [2.45, 2.75) is 19.5 Å². The van der Waals surface area contributed by atoms with Gasteiger partial charge in [-0.25, -0.2) is 0 Å². The van der Waals surface area contributed by atoms with E-state index in [2.05, 4.69) is 10.4 Å². The quantitative estimate of drug-likeness (QED) is 0.785. The molecule has 1 heterocycles. The molecule has 0 aliphatic heterocycles. The fourth-order valence-corrected chi connectivity index (χ4v) is 2.11. The molecule has 1 unspecified atom stereocenters. The molecule has 0 spiro atoms. The molecule has 1 aromatic heterocycles. The molecule has 0 radical (unpaired) electrons. The Bertz CT molecular complexity index is 609. The number of nitrogens with one attached hydrogen (secondary N) is 1. The largest absolute Gasteiger partial charge is 0.398 e. The topological polar surface area (TPSA) is 82.2 Å². The third-order valence-electron chi connectivity index (χ3n) is 3.03. The summed E-state index contributed by atoms with van der Waals surface area (Å²) in [6, 6.07) is 7.54. The van der Waals surface area contributed by atoms with Gasteiger partial charge in [-0.05, 0) is 13.0 Å². The summed E-state index contributed by atoms with van der Waals surface area (Å²) in [4.78, 5) is 11.9. The van der Waals surface area contributed by atoms with E-state index in [-0.39, 0.29) is 18.5 Å². The molecule has 0 aliphatic carbocycles. The smallest absolute Gasteiger partial charge is 0.242 e. The van der Waals surface area contributed by atoms with E-state index in [1.54, 1.807) is 18.0 Å². The Morgan fingerprint density at radius 1 is 1.48 bits per heavy atom. The van der Waals surface area contributed by atoms with Gasteiger partial charge >= 0.3 is 0 Å². The summed E-state index contributed by atoms with van der Waals surface area (Å²) in [6.07, 6.45) is 3.52. The van der Waals surface area contributed by atoms with Crippen molar-refractivity contribution in [1.29, 1.82) is 0 Å². The molecule has 21 heavy (non-hydrogen) atoms. The van der Waals surface area contributed by atoms with Gasteiger partial charge in [-0.1, -0.05) is 18.2 Å². The zero-order valence-corrected chi connectivity index (χ0v) is 12.2. The van der Waals surface area contributed by atoms with E-state index in [0.29, 0.717) is 12.3 Å². The number of carbonyl (C=O) groups excluding carboxylic acids is 1. The van der Waals surface area contributed by atoms with Crippen molar-refractivity contribution in [3.8, 4) is 11.1 Å². The Morgan fingerprint density at radius 3 is 2.95 bits per heavy atom. The van der Waals surface area contributed by atoms with Crippen LogP contribution in [-0.2, 0) is 16.1 Å². The number of rotatable bonds is 6. The highest BCUT2D eigenvalue weighted by Crippen LogP contribution is 2.24. The molecule has 3 N–H and O–H groups in total. The Kier molecular flexibility index (Phi) is 4.94. The average Bonchev–Trinajstić information content (AvgIpc) is 2.87. The number of ether oxygens (including phenoxy) is 1. The van der Waals surface area contributed by atoms with Crippen molar-refractivity contribution in [2.24, 2.45) is 0 Å². The van der Waals surface area contributed by atoms with Crippen LogP contribution in [0.15, 0.2) is 36.7 Å². The number of methoxy groups -OCH3 is 1. The molecule has 112 valence electrons. The zero-order valence-electron chi connectivity index (χ0n) is 12.2. The minimum atomic E-state index is -0.102. The van der Waals surface area contributed by atoms with Gasteiger partial charge in [0.15, 0.2) is 0 Å². The number of carbonyl (C=O) groups is 1. The van der Waals surface area contributed by atoms with Crippen LogP contribution in [0.2, 0.25) is 0 Å². The summed E-state index contributed by atoms with van der Waals surface area (Å²) in [5.74, 6) is -0.102. The molecule has 0 fully saturated rings. The van der Waals surface area contributed by atoms with Crippen LogP contribution in [0.1, 0.15) is 6.92 Å². The highest BCUT2D eigenvalue weighted by Gasteiger charge is 2.10. The number of anilines is 1. The van der Waals surface area contributed by atoms with E-state index in [1.807, 2.05) is 37.4 Å². The van der Waals surface area contributed by atoms with Crippen LogP contribution >= 0.6 is 0 Å². The van der Waals surface area contributed by atoms with Crippen molar-refractivity contribution in [3.05, 3.63) is 36.7 Å². The minimum absolute atomic E-state index is 0.0256. The van der Waals surface area contributed by atoms with Gasteiger partial charge < -0.3 is 15.8 Å². The fourth-order valence-electron chi connectivity index (χ4n) is 2.11. The van der Waals surface area contributed by atoms with Gasteiger partial charge in [0.1, 0.15) is 6.54 Å². The van der Waals surface area contributed by atoms with Crippen molar-refractivity contribution >= 4 is 11.6 Å². The van der Waals surface area contributed by atoms with Crippen LogP contribution in [0.4, 0.5) is 5.69 Å². The second-order valence-corrected chi connectivity index (χ2v) is 4.94. The molecule has 1 atom stereocenters. The third kappa shape index (κ3) is 4.06. The lowest BCUT2D eigenvalue weighted by atomic mass is 10.1. The zero-order chi connectivity index (χ0) is 15.2. The average molecular weight is 288 g/mol. The van der Waals surface area contributed by atoms with Gasteiger partial charge in [0.25, 0.3) is 0 Å². The summed E-state index contributed by atoms with van der Waals surface area (Å²) in [7, 11) is 1.60. The highest BCUT2D eigenvalue weighted by atomic mass is 16.5. The Balaban J connectivity index is 2.01. The predicted octanol–water partition coefficient (Wildman–Crippen LogP) is 1.28. The van der Waals surface area contributed by atoms with Gasteiger partial charge in [-0.15, -0.1) is 0 Å². The van der Waals surface area contributed by atoms with Gasteiger partial charge in [0.05, 0.1) is 12.8 Å². The summed E-state index contributed by atoms with van der Waals surface area (Å²) in [6.45, 7) is 2.54. The highest BCUT2D eigenvalue weighted by molar-refractivity contribution is 5.77. The van der Waals surface area contributed by atoms with Crippen LogP contribution in [0.5, 0.6) is 0 Å². The van der Waals surface area contributed by atoms with Crippen LogP contribution < -0.4 is 11.1 Å². The Hall–Kier alpha value is -2.34. The van der Waals surface area contributed by atoms with E-state index < -0.39 is 0 Å². The maximum atomic E-state index is 11.9. The van der Waals surface area contributed by atoms with Crippen molar-refractivity contribution in [1.82, 2.24) is 15.1 Å². The normalized spacial score (nSPS) is 12.1. The Labute approximate surface area is 123 Å². The molecule has 6 nitrogen and oxygen atoms in total. The molecule has 0 aliphatic rings. The van der Waals surface area contributed by atoms with Crippen LogP contribution in [0.3, 0.4) is 0 Å². The summed E-state index contributed by atoms with van der Waals surface area (Å²) in [5.41, 5.74) is 8.43. The Morgan fingerprint density at radius 2 is 2.24 bits per heavy atom. The van der Waals surface area contributed by atoms with E-state index in [9.17, 15) is 4.79 Å². The van der Waals surface area contributed by atoms with E-state index in [4.69, 9.17) is 10.5 Å². The monoisotopic (exact) mass is 288 g/mol. The molecular formula is C15H20N4O2. The predicted molar refractivity (Wildman–Crippen MR) is 81.6 cm³/mol. The number of nitrogens with zero attached hydrogens (tertiary/aromatic N) is 2. The lowest BCUT2D eigenvalue weighted by Crippen LogP contribution is -2.37. The molecule has 0 saturated carbocycles. The van der Waals surface area contributed by atoms with Gasteiger partial charge in [0, 0.05) is 36.2 Å². The number of benzene rings is 1. The lowest BCUT2D eigenvalue weighted by Gasteiger charge is -2.12. The van der Waals surface area contributed by atoms with Crippen LogP contribution in [0, 0.1) is 0 Å². The summed E-state index contributed by atoms with van der Waals surface area (Å²) in [5, 5.41) is 7.04. The maximum Gasteiger partial charge on any atom is 0.242 e. The molecule has 2 rings (SSSR count). The maximum absolute atomic E-state index is 11.9. The standard InChI is InChI=1S/C15H20N4O2/c1-11(10-21-2)18-15(20)9-19-8-12(7-17-19)13-5-3-4-6-14(13)16/h3-8,11H,9-10,16H2,1-2H3,(H,18,20). The second-order valence-electron chi connectivity index (χ2n) is 4.94. The number of amides is 1. The van der Waals surface area contributed by atoms with E-state index in [0.717, 1.165) is 11.1 Å². The SMILES string of the molecule is COCC(C)NC(=O)Cn1cc(-c2ccccc2N)cn1. The first-order valence-electron chi connectivity index (χ1n) is 6.75. The molecule has 1 amide bonds. The molecule has 2 aromatic rings. The molecular weight excluding hydrogens is 268 g/mol. The first kappa shape index (κ1) is 15.1. The number of para-hydroxylation sites is 1. The first-order valence-corrected chi connectivity index (χ1v) is 6.75. The lowest BCUT2D eigenvalue weighted by molar-refractivity contribution is -0.122. The minimum Gasteiger partial charge on any atom is -0.398 e. The van der Waals surface area contributed by atoms with Crippen LogP contribution in [0.25, 0.3) is 11.1 Å². The molecule has 0 bridgehead atoms. The van der Waals surface area contributed by atoms with E-state index >= 15 is 0 Å². The second kappa shape index (κ2) is 6.90. The van der Waals surface area contributed by atoms with Gasteiger partial charge in [-0.2, -0.15) is 5.10 Å². The molecule has 1 aromatic carbocycles. The van der Waals surface area contributed by atoms with Crippen molar-refractivity contribution < 1.29 is 9.53 Å². The van der Waals surface area contributed by atoms with Crippen molar-refractivity contribution in [2.75, 3.05) is 19.5 Å². The number of hydrogen-bond donors (Lipinski definition) is 2. The van der Waals surface area contributed by atoms with Gasteiger partial charge in [-0.3, -0.25) is 9.48 Å². The molecule has 6 heteroatoms. The van der Waals surface area contributed by atoms with Crippen molar-refractivity contribution in [3.63, 3.8) is 0 Å². The number of hydrogen-bond acceptors (Lipinski definition) is 4. The number of nitrogen functional groups attached to an aromatic ring is 1. The summed E-state index contributed by atoms with van der Waals surface area (Å²) >= 11 is 0. The molecule has 0 saturated heterocycles. The number of nitrogens with two attached hydrogens (primary N) is 1. The summed E-state index contributed by atoms with van der Waals surface area (Å²) < 4.78 is 6.57. The van der Waals surface area contributed by atoms with Crippen LogP contribution in [-0.4, -0.2) is 35.4 Å². The van der Waals surface area contributed by atoms with Gasteiger partial charge in [0.2, 0.25) is 5.91 Å². The third-order valence-corrected chi connectivity index (χ3v) is 3.03. The van der Waals surface area contributed by atoms with E-state index in [1.165, 1.54) is 0 Å². The first-order chi connectivity index (χ1) is 10.1.